The van der Waals surface area contributed by atoms with Crippen LogP contribution in [-0.4, -0.2) is 0 Å². The first kappa shape index (κ1) is 37.1. The molecule has 9 aromatic carbocycles. The van der Waals surface area contributed by atoms with Gasteiger partial charge in [0, 0.05) is 10.8 Å². The molecule has 11 rings (SSSR count). The van der Waals surface area contributed by atoms with Crippen molar-refractivity contribution in [3.63, 3.8) is 0 Å². The predicted octanol–water partition coefficient (Wildman–Crippen LogP) is 16.8. The van der Waals surface area contributed by atoms with Crippen LogP contribution in [0.1, 0.15) is 103 Å². The highest BCUT2D eigenvalue weighted by Crippen LogP contribution is 2.53. The summed E-state index contributed by atoms with van der Waals surface area (Å²) < 4.78 is 0. The molecule has 294 valence electrons. The number of benzene rings is 9. The Morgan fingerprint density at radius 1 is 0.300 bits per heavy atom. The van der Waals surface area contributed by atoms with Crippen LogP contribution in [0.25, 0.3) is 88.0 Å². The van der Waals surface area contributed by atoms with E-state index < -0.39 is 0 Å². The van der Waals surface area contributed by atoms with Crippen molar-refractivity contribution in [1.29, 1.82) is 0 Å². The zero-order chi connectivity index (χ0) is 41.7. The maximum atomic E-state index is 2.47. The summed E-state index contributed by atoms with van der Waals surface area (Å²) in [5, 5.41) is 8.03. The van der Waals surface area contributed by atoms with Crippen LogP contribution in [0.15, 0.2) is 146 Å². The quantitative estimate of drug-likeness (QED) is 0.157. The van der Waals surface area contributed by atoms with E-state index in [2.05, 4.69) is 215 Å². The minimum Gasteiger partial charge on any atom is -0.0579 e. The second-order valence-electron chi connectivity index (χ2n) is 21.1. The van der Waals surface area contributed by atoms with Gasteiger partial charge in [0.2, 0.25) is 0 Å². The molecular weight excluding hydrogens is 721 g/mol. The van der Waals surface area contributed by atoms with Crippen molar-refractivity contribution in [3.05, 3.63) is 179 Å². The Morgan fingerprint density at radius 3 is 1.20 bits per heavy atom. The molecule has 2 aliphatic carbocycles. The van der Waals surface area contributed by atoms with Crippen LogP contribution in [0, 0.1) is 0 Å². The molecule has 0 heterocycles. The molecule has 0 aliphatic heterocycles. The molecule has 0 atom stereocenters. The van der Waals surface area contributed by atoms with Gasteiger partial charge < -0.3 is 0 Å². The van der Waals surface area contributed by atoms with E-state index in [4.69, 9.17) is 0 Å². The summed E-state index contributed by atoms with van der Waals surface area (Å²) in [6, 6.07) is 56.6. The molecule has 0 aromatic heterocycles. The van der Waals surface area contributed by atoms with Gasteiger partial charge in [0.25, 0.3) is 0 Å². The van der Waals surface area contributed by atoms with Gasteiger partial charge in [0.15, 0.2) is 0 Å². The fourth-order valence-electron chi connectivity index (χ4n) is 10.8. The molecule has 0 N–H and O–H groups in total. The zero-order valence-electron chi connectivity index (χ0n) is 36.9. The summed E-state index contributed by atoms with van der Waals surface area (Å²) in [5.74, 6) is 0. The fraction of sp³-hybridized carbons (Fsp3) is 0.233. The Hall–Kier alpha value is -5.98. The molecule has 0 saturated carbocycles. The van der Waals surface area contributed by atoms with E-state index in [1.165, 1.54) is 121 Å². The third-order valence-corrected chi connectivity index (χ3v) is 14.5. The summed E-state index contributed by atoms with van der Waals surface area (Å²) in [7, 11) is 0. The summed E-state index contributed by atoms with van der Waals surface area (Å²) in [5.41, 5.74) is 21.6. The van der Waals surface area contributed by atoms with E-state index in [-0.39, 0.29) is 21.7 Å². The molecule has 0 heteroatoms. The van der Waals surface area contributed by atoms with Gasteiger partial charge in [-0.3, -0.25) is 0 Å². The monoisotopic (exact) mass is 774 g/mol. The molecule has 0 spiro atoms. The Labute approximate surface area is 356 Å². The van der Waals surface area contributed by atoms with Gasteiger partial charge in [-0.15, -0.1) is 0 Å². The average Bonchev–Trinajstić information content (AvgIpc) is 3.60. The highest BCUT2D eigenvalue weighted by Gasteiger charge is 2.38. The van der Waals surface area contributed by atoms with Crippen LogP contribution in [0.5, 0.6) is 0 Å². The van der Waals surface area contributed by atoms with Crippen LogP contribution in [0.4, 0.5) is 0 Å². The van der Waals surface area contributed by atoms with Crippen molar-refractivity contribution in [1.82, 2.24) is 0 Å². The van der Waals surface area contributed by atoms with Gasteiger partial charge >= 0.3 is 0 Å². The van der Waals surface area contributed by atoms with Crippen LogP contribution < -0.4 is 0 Å². The molecule has 0 nitrogen and oxygen atoms in total. The van der Waals surface area contributed by atoms with Gasteiger partial charge in [-0.25, -0.2) is 0 Å². The van der Waals surface area contributed by atoms with E-state index in [0.717, 1.165) is 0 Å². The molecule has 60 heavy (non-hydrogen) atoms. The van der Waals surface area contributed by atoms with E-state index in [1.807, 2.05) is 0 Å². The third-order valence-electron chi connectivity index (χ3n) is 14.5. The first-order chi connectivity index (χ1) is 28.5. The van der Waals surface area contributed by atoms with Crippen molar-refractivity contribution in [2.75, 3.05) is 0 Å². The first-order valence-electron chi connectivity index (χ1n) is 21.9. The van der Waals surface area contributed by atoms with Crippen LogP contribution in [-0.2, 0) is 21.7 Å². The Bertz CT molecular complexity index is 3220. The van der Waals surface area contributed by atoms with Gasteiger partial charge in [-0.05, 0) is 150 Å². The van der Waals surface area contributed by atoms with Crippen molar-refractivity contribution in [3.8, 4) is 55.6 Å². The maximum Gasteiger partial charge on any atom is 0.0159 e. The lowest BCUT2D eigenvalue weighted by molar-refractivity contribution is 0.584. The molecule has 2 aliphatic rings. The molecule has 0 amide bonds. The molecule has 0 unspecified atom stereocenters. The molecule has 0 fully saturated rings. The molecule has 0 saturated heterocycles. The summed E-state index contributed by atoms with van der Waals surface area (Å²) in [4.78, 5) is 0. The Kier molecular flexibility index (Phi) is 7.59. The normalized spacial score (nSPS) is 15.1. The Balaban J connectivity index is 0.908. The molecule has 9 aromatic rings. The predicted molar refractivity (Wildman–Crippen MR) is 259 cm³/mol. The third kappa shape index (κ3) is 5.35. The average molecular weight is 775 g/mol. The summed E-state index contributed by atoms with van der Waals surface area (Å²) >= 11 is 0. The van der Waals surface area contributed by atoms with E-state index in [1.54, 1.807) is 0 Å². The summed E-state index contributed by atoms with van der Waals surface area (Å²) in [6.07, 6.45) is 0. The maximum absolute atomic E-state index is 2.47. The fourth-order valence-corrected chi connectivity index (χ4v) is 10.8. The number of hydrogen-bond donors (Lipinski definition) is 0. The number of fused-ring (bicyclic) bond motifs is 6. The standard InChI is InChI=1S/C60H54/c1-57(2,3)43-22-28-49-48-26-20-40(33-53(48)60(9,10)54(49)34-43)39-19-25-47-46-24-18-38(31-51(46)59(7,8)52(47)32-39)35-11-13-36(14-12-35)45-23-17-37-15-16-41-29-44(58(4,5)6)30-42-21-27-50(45)56(37)55(41)42/h11-34H,1-10H3. The van der Waals surface area contributed by atoms with Gasteiger partial charge in [0.1, 0.15) is 0 Å². The largest absolute Gasteiger partial charge is 0.0579 e. The number of hydrogen-bond acceptors (Lipinski definition) is 0. The van der Waals surface area contributed by atoms with Crippen LogP contribution in [0.3, 0.4) is 0 Å². The van der Waals surface area contributed by atoms with E-state index in [0.29, 0.717) is 0 Å². The second-order valence-corrected chi connectivity index (χ2v) is 21.1. The van der Waals surface area contributed by atoms with Crippen LogP contribution in [0.2, 0.25) is 0 Å². The minimum atomic E-state index is -0.123. The highest BCUT2D eigenvalue weighted by atomic mass is 14.4. The van der Waals surface area contributed by atoms with Gasteiger partial charge in [-0.1, -0.05) is 197 Å². The lowest BCUT2D eigenvalue weighted by atomic mass is 9.78. The molecule has 0 radical (unpaired) electrons. The van der Waals surface area contributed by atoms with Gasteiger partial charge in [-0.2, -0.15) is 0 Å². The van der Waals surface area contributed by atoms with Crippen LogP contribution >= 0.6 is 0 Å². The topological polar surface area (TPSA) is 0 Å². The summed E-state index contributed by atoms with van der Waals surface area (Å²) in [6.45, 7) is 23.4. The first-order valence-corrected chi connectivity index (χ1v) is 21.9. The van der Waals surface area contributed by atoms with Crippen molar-refractivity contribution < 1.29 is 0 Å². The SMILES string of the molecule is CC(C)(C)c1ccc2c(c1)C(C)(C)c1cc(-c3ccc4c(c3)C(C)(C)c3cc(-c5ccc(-c6ccc7ccc8cc(C(C)(C)C)cc9ccc6c7c89)cc5)ccc3-4)ccc1-2. The van der Waals surface area contributed by atoms with Crippen molar-refractivity contribution >= 4 is 32.3 Å². The number of rotatable bonds is 3. The lowest BCUT2D eigenvalue weighted by Gasteiger charge is -2.25. The van der Waals surface area contributed by atoms with Gasteiger partial charge in [0.05, 0.1) is 0 Å². The van der Waals surface area contributed by atoms with E-state index >= 15 is 0 Å². The second kappa shape index (κ2) is 12.3. The van der Waals surface area contributed by atoms with Crippen molar-refractivity contribution in [2.45, 2.75) is 90.9 Å². The highest BCUT2D eigenvalue weighted by molar-refractivity contribution is 6.25. The smallest absolute Gasteiger partial charge is 0.0159 e. The van der Waals surface area contributed by atoms with E-state index in [9.17, 15) is 0 Å². The zero-order valence-corrected chi connectivity index (χ0v) is 36.9. The molecular formula is C60H54. The van der Waals surface area contributed by atoms with Crippen molar-refractivity contribution in [2.24, 2.45) is 0 Å². The lowest BCUT2D eigenvalue weighted by Crippen LogP contribution is -2.17. The minimum absolute atomic E-state index is 0.0541. The molecule has 0 bridgehead atoms. The Morgan fingerprint density at radius 2 is 0.683 bits per heavy atom.